The first kappa shape index (κ1) is 13.0. The van der Waals surface area contributed by atoms with Crippen LogP contribution in [0.1, 0.15) is 5.56 Å². The highest BCUT2D eigenvalue weighted by Crippen LogP contribution is 2.18. The van der Waals surface area contributed by atoms with E-state index in [1.807, 2.05) is 0 Å². The van der Waals surface area contributed by atoms with Crippen molar-refractivity contribution in [2.24, 2.45) is 5.14 Å². The van der Waals surface area contributed by atoms with E-state index in [1.165, 1.54) is 30.3 Å². The van der Waals surface area contributed by atoms with Gasteiger partial charge < -0.3 is 4.98 Å². The molecule has 0 saturated heterocycles. The van der Waals surface area contributed by atoms with Gasteiger partial charge in [-0.1, -0.05) is 12.1 Å². The number of nitriles is 1. The smallest absolute Gasteiger partial charge is 0.266 e. The fourth-order valence-electron chi connectivity index (χ4n) is 1.55. The molecule has 19 heavy (non-hydrogen) atoms. The van der Waals surface area contributed by atoms with Crippen LogP contribution in [0, 0.1) is 11.3 Å². The number of primary sulfonamides is 1. The number of benzene rings is 1. The van der Waals surface area contributed by atoms with E-state index in [1.54, 1.807) is 12.1 Å². The summed E-state index contributed by atoms with van der Waals surface area (Å²) >= 11 is 0. The Morgan fingerprint density at radius 3 is 2.21 bits per heavy atom. The highest BCUT2D eigenvalue weighted by Gasteiger charge is 2.08. The lowest BCUT2D eigenvalue weighted by atomic mass is 10.1. The first-order valence-electron chi connectivity index (χ1n) is 5.18. The van der Waals surface area contributed by atoms with Gasteiger partial charge in [0.15, 0.2) is 0 Å². The SMILES string of the molecule is N#Cc1ccc(-c2ccc(S(N)(=O)=O)cc2)[nH]c1=O. The number of hydrogen-bond donors (Lipinski definition) is 2. The normalized spacial score (nSPS) is 10.9. The van der Waals surface area contributed by atoms with E-state index in [4.69, 9.17) is 10.4 Å². The lowest BCUT2D eigenvalue weighted by Crippen LogP contribution is -2.12. The van der Waals surface area contributed by atoms with E-state index in [0.717, 1.165) is 0 Å². The second kappa shape index (κ2) is 4.68. The Morgan fingerprint density at radius 1 is 1.11 bits per heavy atom. The minimum absolute atomic E-state index is 0.00718. The zero-order chi connectivity index (χ0) is 14.0. The molecular weight excluding hydrogens is 266 g/mol. The molecule has 0 atom stereocenters. The molecule has 3 N–H and O–H groups in total. The number of rotatable bonds is 2. The molecule has 0 amide bonds. The van der Waals surface area contributed by atoms with Crippen molar-refractivity contribution in [1.29, 1.82) is 5.26 Å². The molecule has 1 aromatic heterocycles. The maximum Gasteiger partial charge on any atom is 0.266 e. The van der Waals surface area contributed by atoms with Gasteiger partial charge in [0.1, 0.15) is 11.6 Å². The van der Waals surface area contributed by atoms with E-state index >= 15 is 0 Å². The standard InChI is InChI=1S/C12H9N3O3S/c13-7-9-3-6-11(15-12(9)16)8-1-4-10(5-2-8)19(14,17)18/h1-6H,(H,15,16)(H2,14,17,18). The third kappa shape index (κ3) is 2.70. The van der Waals surface area contributed by atoms with Gasteiger partial charge in [0.2, 0.25) is 10.0 Å². The van der Waals surface area contributed by atoms with Gasteiger partial charge in [-0.3, -0.25) is 4.79 Å². The fourth-order valence-corrected chi connectivity index (χ4v) is 2.07. The fraction of sp³-hybridized carbons (Fsp3) is 0. The Bertz CT molecular complexity index is 815. The summed E-state index contributed by atoms with van der Waals surface area (Å²) in [7, 11) is -3.74. The van der Waals surface area contributed by atoms with E-state index in [2.05, 4.69) is 4.98 Å². The lowest BCUT2D eigenvalue weighted by Gasteiger charge is -2.03. The molecule has 6 nitrogen and oxygen atoms in total. The number of pyridine rings is 1. The topological polar surface area (TPSA) is 117 Å². The van der Waals surface area contributed by atoms with E-state index in [9.17, 15) is 13.2 Å². The van der Waals surface area contributed by atoms with Gasteiger partial charge >= 0.3 is 0 Å². The molecule has 0 fully saturated rings. The summed E-state index contributed by atoms with van der Waals surface area (Å²) in [5, 5.41) is 13.6. The number of H-pyrrole nitrogens is 1. The van der Waals surface area contributed by atoms with Crippen molar-refractivity contribution in [2.45, 2.75) is 4.90 Å². The number of hydrogen-bond acceptors (Lipinski definition) is 4. The molecule has 1 aromatic carbocycles. The first-order valence-corrected chi connectivity index (χ1v) is 6.73. The molecule has 0 aliphatic heterocycles. The Balaban J connectivity index is 2.47. The summed E-state index contributed by atoms with van der Waals surface area (Å²) in [4.78, 5) is 14.0. The van der Waals surface area contributed by atoms with Crippen molar-refractivity contribution in [3.8, 4) is 17.3 Å². The van der Waals surface area contributed by atoms with E-state index in [-0.39, 0.29) is 10.5 Å². The molecule has 2 rings (SSSR count). The van der Waals surface area contributed by atoms with E-state index in [0.29, 0.717) is 11.3 Å². The average Bonchev–Trinajstić information content (AvgIpc) is 2.38. The Morgan fingerprint density at radius 2 is 1.74 bits per heavy atom. The second-order valence-electron chi connectivity index (χ2n) is 3.80. The molecule has 0 spiro atoms. The molecule has 0 saturated carbocycles. The van der Waals surface area contributed by atoms with Crippen LogP contribution in [-0.2, 0) is 10.0 Å². The predicted octanol–water partition coefficient (Wildman–Crippen LogP) is 0.561. The average molecular weight is 275 g/mol. The van der Waals surface area contributed by atoms with Crippen molar-refractivity contribution in [1.82, 2.24) is 4.98 Å². The molecule has 7 heteroatoms. The molecule has 2 aromatic rings. The summed E-state index contributed by atoms with van der Waals surface area (Å²) in [5.41, 5.74) is 0.638. The molecule has 0 aliphatic carbocycles. The summed E-state index contributed by atoms with van der Waals surface area (Å²) in [6.45, 7) is 0. The van der Waals surface area contributed by atoms with Crippen LogP contribution < -0.4 is 10.7 Å². The summed E-state index contributed by atoms with van der Waals surface area (Å²) < 4.78 is 22.2. The Hall–Kier alpha value is -2.43. The molecule has 1 heterocycles. The zero-order valence-electron chi connectivity index (χ0n) is 9.62. The highest BCUT2D eigenvalue weighted by atomic mass is 32.2. The number of nitrogens with one attached hydrogen (secondary N) is 1. The van der Waals surface area contributed by atoms with Gasteiger partial charge in [-0.25, -0.2) is 13.6 Å². The van der Waals surface area contributed by atoms with Crippen LogP contribution in [0.2, 0.25) is 0 Å². The number of nitrogens with two attached hydrogens (primary N) is 1. The Labute approximate surface area is 109 Å². The molecule has 0 bridgehead atoms. The molecule has 0 aliphatic rings. The van der Waals surface area contributed by atoms with Crippen molar-refractivity contribution < 1.29 is 8.42 Å². The number of sulfonamides is 1. The van der Waals surface area contributed by atoms with Gasteiger partial charge in [-0.05, 0) is 29.8 Å². The molecular formula is C12H9N3O3S. The third-order valence-electron chi connectivity index (χ3n) is 2.52. The maximum absolute atomic E-state index is 11.5. The van der Waals surface area contributed by atoms with Crippen LogP contribution in [0.3, 0.4) is 0 Å². The minimum Gasteiger partial charge on any atom is -0.321 e. The predicted molar refractivity (Wildman–Crippen MR) is 68.6 cm³/mol. The zero-order valence-corrected chi connectivity index (χ0v) is 10.4. The molecule has 0 radical (unpaired) electrons. The van der Waals surface area contributed by atoms with Crippen molar-refractivity contribution in [3.05, 3.63) is 52.3 Å². The summed E-state index contributed by atoms with van der Waals surface area (Å²) in [6, 6.07) is 10.5. The van der Waals surface area contributed by atoms with Crippen LogP contribution in [0.4, 0.5) is 0 Å². The van der Waals surface area contributed by atoms with Crippen LogP contribution in [0.25, 0.3) is 11.3 Å². The largest absolute Gasteiger partial charge is 0.321 e. The number of nitrogens with zero attached hydrogens (tertiary/aromatic N) is 1. The van der Waals surface area contributed by atoms with Gasteiger partial charge in [-0.2, -0.15) is 5.26 Å². The van der Waals surface area contributed by atoms with Crippen molar-refractivity contribution in [2.75, 3.05) is 0 Å². The van der Waals surface area contributed by atoms with Crippen molar-refractivity contribution in [3.63, 3.8) is 0 Å². The van der Waals surface area contributed by atoms with E-state index < -0.39 is 15.6 Å². The van der Waals surface area contributed by atoms with Crippen LogP contribution in [0.15, 0.2) is 46.1 Å². The van der Waals surface area contributed by atoms with Crippen LogP contribution in [-0.4, -0.2) is 13.4 Å². The first-order chi connectivity index (χ1) is 8.91. The number of aromatic amines is 1. The van der Waals surface area contributed by atoms with Gasteiger partial charge in [-0.15, -0.1) is 0 Å². The maximum atomic E-state index is 11.5. The highest BCUT2D eigenvalue weighted by molar-refractivity contribution is 7.89. The molecule has 96 valence electrons. The molecule has 0 unspecified atom stereocenters. The monoisotopic (exact) mass is 275 g/mol. The van der Waals surface area contributed by atoms with Gasteiger partial charge in [0.05, 0.1) is 4.90 Å². The third-order valence-corrected chi connectivity index (χ3v) is 3.45. The van der Waals surface area contributed by atoms with Gasteiger partial charge in [0, 0.05) is 5.69 Å². The number of aromatic nitrogens is 1. The minimum atomic E-state index is -3.74. The van der Waals surface area contributed by atoms with Crippen LogP contribution >= 0.6 is 0 Å². The summed E-state index contributed by atoms with van der Waals surface area (Å²) in [5.74, 6) is 0. The summed E-state index contributed by atoms with van der Waals surface area (Å²) in [6.07, 6.45) is 0. The van der Waals surface area contributed by atoms with Crippen LogP contribution in [0.5, 0.6) is 0 Å². The van der Waals surface area contributed by atoms with Crippen molar-refractivity contribution >= 4 is 10.0 Å². The quantitative estimate of drug-likeness (QED) is 0.832. The lowest BCUT2D eigenvalue weighted by molar-refractivity contribution is 0.598. The second-order valence-corrected chi connectivity index (χ2v) is 5.36. The van der Waals surface area contributed by atoms with Gasteiger partial charge in [0.25, 0.3) is 5.56 Å². The Kier molecular flexibility index (Phi) is 3.21.